The van der Waals surface area contributed by atoms with Crippen LogP contribution < -0.4 is 38.6 Å². The molecule has 2 aromatic rings. The van der Waals surface area contributed by atoms with Gasteiger partial charge in [-0.15, -0.1) is 0 Å². The maximum absolute atomic E-state index is 12.4. The Kier molecular flexibility index (Phi) is 15.9. The Morgan fingerprint density at radius 1 is 0.939 bits per heavy atom. The van der Waals surface area contributed by atoms with E-state index in [4.69, 9.17) is 4.74 Å². The van der Waals surface area contributed by atoms with Gasteiger partial charge in [-0.05, 0) is 49.6 Å². The van der Waals surface area contributed by atoms with Gasteiger partial charge in [0, 0.05) is 12.6 Å². The number of ether oxygens (including phenoxy) is 1. The highest BCUT2D eigenvalue weighted by Crippen LogP contribution is 2.18. The lowest BCUT2D eigenvalue weighted by Crippen LogP contribution is -3.00. The largest absolute Gasteiger partial charge is 1.00 e. The van der Waals surface area contributed by atoms with Crippen molar-refractivity contribution in [2.75, 3.05) is 6.61 Å². The van der Waals surface area contributed by atoms with E-state index in [1.807, 2.05) is 35.2 Å². The lowest BCUT2D eigenvalue weighted by Gasteiger charge is -2.11. The summed E-state index contributed by atoms with van der Waals surface area (Å²) in [5.74, 6) is 0.869. The molecule has 0 unspecified atom stereocenters. The summed E-state index contributed by atoms with van der Waals surface area (Å²) < 4.78 is 7.95. The molecule has 4 nitrogen and oxygen atoms in total. The standard InChI is InChI=1S/C28H42N2O2.HI/c1-4-6-7-8-9-10-11-12-13-14-20-32-27-18-17-25(24(3)21-27)22-29-28(31)26-16-15-19-30(5-2)23-26;/h15-19,21,23H,4-14,20,22H2,1-3H3;1H. The van der Waals surface area contributed by atoms with Crippen LogP contribution in [0.25, 0.3) is 0 Å². The van der Waals surface area contributed by atoms with E-state index in [2.05, 4.69) is 38.2 Å². The fourth-order valence-corrected chi connectivity index (χ4v) is 3.87. The second-order valence-corrected chi connectivity index (χ2v) is 8.72. The van der Waals surface area contributed by atoms with Crippen LogP contribution in [0.5, 0.6) is 5.75 Å². The Hall–Kier alpha value is -1.63. The highest BCUT2D eigenvalue weighted by Gasteiger charge is 2.10. The maximum Gasteiger partial charge on any atom is 0.257 e. The first-order valence-corrected chi connectivity index (χ1v) is 12.6. The number of carbonyl (C=O) groups is 1. The zero-order valence-electron chi connectivity index (χ0n) is 20.9. The summed E-state index contributed by atoms with van der Waals surface area (Å²) >= 11 is 0. The SMILES string of the molecule is CCCCCCCCCCCCOc1ccc(CNC(=O)c2ccc[n+](CC)c2)c(C)c1.[I-]. The Bertz CT molecular complexity index is 810. The number of nitrogens with one attached hydrogen (secondary N) is 1. The van der Waals surface area contributed by atoms with Crippen LogP contribution >= 0.6 is 0 Å². The van der Waals surface area contributed by atoms with E-state index in [9.17, 15) is 4.79 Å². The second-order valence-electron chi connectivity index (χ2n) is 8.72. The van der Waals surface area contributed by atoms with Crippen molar-refractivity contribution in [1.82, 2.24) is 5.32 Å². The van der Waals surface area contributed by atoms with E-state index < -0.39 is 0 Å². The van der Waals surface area contributed by atoms with Crippen LogP contribution in [-0.2, 0) is 13.1 Å². The van der Waals surface area contributed by atoms with E-state index >= 15 is 0 Å². The van der Waals surface area contributed by atoms with Gasteiger partial charge in [-0.1, -0.05) is 70.8 Å². The summed E-state index contributed by atoms with van der Waals surface area (Å²) in [5, 5.41) is 3.02. The monoisotopic (exact) mass is 566 g/mol. The van der Waals surface area contributed by atoms with Crippen molar-refractivity contribution >= 4 is 5.91 Å². The summed E-state index contributed by atoms with van der Waals surface area (Å²) in [6.07, 6.45) is 17.2. The molecule has 1 aromatic heterocycles. The fraction of sp³-hybridized carbons (Fsp3) is 0.571. The first-order valence-electron chi connectivity index (χ1n) is 12.6. The molecule has 0 atom stereocenters. The third-order valence-electron chi connectivity index (χ3n) is 6.01. The number of benzene rings is 1. The molecular weight excluding hydrogens is 523 g/mol. The number of aryl methyl sites for hydroxylation is 2. The number of carbonyl (C=O) groups excluding carboxylic acids is 1. The van der Waals surface area contributed by atoms with Gasteiger partial charge in [0.05, 0.1) is 6.61 Å². The minimum atomic E-state index is -0.0477. The molecular formula is C28H43IN2O2. The number of aromatic nitrogens is 1. The molecule has 1 amide bonds. The average molecular weight is 567 g/mol. The van der Waals surface area contributed by atoms with Gasteiger partial charge in [0.15, 0.2) is 12.4 Å². The minimum absolute atomic E-state index is 0. The van der Waals surface area contributed by atoms with Gasteiger partial charge in [-0.2, -0.15) is 0 Å². The molecule has 2 rings (SSSR count). The molecule has 33 heavy (non-hydrogen) atoms. The highest BCUT2D eigenvalue weighted by atomic mass is 127. The first-order chi connectivity index (χ1) is 15.6. The number of amides is 1. The third kappa shape index (κ3) is 11.9. The van der Waals surface area contributed by atoms with Crippen LogP contribution in [0.4, 0.5) is 0 Å². The van der Waals surface area contributed by atoms with Crippen molar-refractivity contribution in [2.24, 2.45) is 0 Å². The van der Waals surface area contributed by atoms with E-state index in [0.29, 0.717) is 12.1 Å². The van der Waals surface area contributed by atoms with Crippen LogP contribution in [0.3, 0.4) is 0 Å². The molecule has 1 aromatic carbocycles. The van der Waals surface area contributed by atoms with Crippen molar-refractivity contribution < 1.29 is 38.1 Å². The van der Waals surface area contributed by atoms with E-state index in [1.54, 1.807) is 0 Å². The molecule has 0 spiro atoms. The molecule has 1 N–H and O–H groups in total. The van der Waals surface area contributed by atoms with Gasteiger partial charge in [-0.3, -0.25) is 4.79 Å². The second kappa shape index (κ2) is 17.8. The van der Waals surface area contributed by atoms with Crippen molar-refractivity contribution in [2.45, 2.75) is 98.1 Å². The molecule has 5 heteroatoms. The Labute approximate surface area is 218 Å². The van der Waals surface area contributed by atoms with Crippen molar-refractivity contribution in [3.8, 4) is 5.75 Å². The number of nitrogens with zero attached hydrogens (tertiary/aromatic N) is 1. The zero-order chi connectivity index (χ0) is 23.0. The summed E-state index contributed by atoms with van der Waals surface area (Å²) in [7, 11) is 0. The van der Waals surface area contributed by atoms with Gasteiger partial charge in [0.1, 0.15) is 17.9 Å². The van der Waals surface area contributed by atoms with Crippen LogP contribution in [0, 0.1) is 6.92 Å². The third-order valence-corrected chi connectivity index (χ3v) is 6.01. The lowest BCUT2D eigenvalue weighted by atomic mass is 10.1. The summed E-state index contributed by atoms with van der Waals surface area (Å²) in [6, 6.07) is 9.90. The van der Waals surface area contributed by atoms with Gasteiger partial charge >= 0.3 is 0 Å². The van der Waals surface area contributed by atoms with Gasteiger partial charge in [0.2, 0.25) is 0 Å². The van der Waals surface area contributed by atoms with E-state index in [1.165, 1.54) is 57.8 Å². The molecule has 0 aliphatic heterocycles. The lowest BCUT2D eigenvalue weighted by molar-refractivity contribution is -0.693. The highest BCUT2D eigenvalue weighted by molar-refractivity contribution is 5.93. The number of rotatable bonds is 16. The predicted molar refractivity (Wildman–Crippen MR) is 132 cm³/mol. The average Bonchev–Trinajstić information content (AvgIpc) is 2.81. The van der Waals surface area contributed by atoms with Crippen molar-refractivity contribution in [3.05, 3.63) is 59.4 Å². The fourth-order valence-electron chi connectivity index (χ4n) is 3.87. The van der Waals surface area contributed by atoms with Crippen LogP contribution in [0.15, 0.2) is 42.7 Å². The summed E-state index contributed by atoms with van der Waals surface area (Å²) in [4.78, 5) is 12.4. The molecule has 0 bridgehead atoms. The molecule has 0 saturated heterocycles. The normalized spacial score (nSPS) is 10.5. The van der Waals surface area contributed by atoms with Gasteiger partial charge in [-0.25, -0.2) is 4.57 Å². The molecule has 0 aliphatic carbocycles. The van der Waals surface area contributed by atoms with Crippen LogP contribution in [0.1, 0.15) is 99.5 Å². The van der Waals surface area contributed by atoms with Crippen LogP contribution in [-0.4, -0.2) is 12.5 Å². The van der Waals surface area contributed by atoms with E-state index in [-0.39, 0.29) is 29.9 Å². The molecule has 184 valence electrons. The molecule has 0 fully saturated rings. The van der Waals surface area contributed by atoms with Gasteiger partial charge in [0.25, 0.3) is 5.91 Å². The smallest absolute Gasteiger partial charge is 0.257 e. The molecule has 0 saturated carbocycles. The predicted octanol–water partition coefficient (Wildman–Crippen LogP) is 3.54. The molecule has 1 heterocycles. The Balaban J connectivity index is 0.00000544. The topological polar surface area (TPSA) is 42.2 Å². The van der Waals surface area contributed by atoms with Gasteiger partial charge < -0.3 is 34.0 Å². The van der Waals surface area contributed by atoms with Crippen molar-refractivity contribution in [1.29, 1.82) is 0 Å². The number of hydrogen-bond acceptors (Lipinski definition) is 2. The molecule has 0 radical (unpaired) electrons. The van der Waals surface area contributed by atoms with Crippen LogP contribution in [0.2, 0.25) is 0 Å². The minimum Gasteiger partial charge on any atom is -1.00 e. The maximum atomic E-state index is 12.4. The van der Waals surface area contributed by atoms with E-state index in [0.717, 1.165) is 36.4 Å². The summed E-state index contributed by atoms with van der Waals surface area (Å²) in [5.41, 5.74) is 2.94. The number of pyridine rings is 1. The van der Waals surface area contributed by atoms with Crippen molar-refractivity contribution in [3.63, 3.8) is 0 Å². The number of halogens is 1. The zero-order valence-corrected chi connectivity index (χ0v) is 23.0. The summed E-state index contributed by atoms with van der Waals surface area (Å²) in [6.45, 7) is 8.54. The number of unbranched alkanes of at least 4 members (excludes halogenated alkanes) is 9. The number of hydrogen-bond donors (Lipinski definition) is 1. The first kappa shape index (κ1) is 29.4. The Morgan fingerprint density at radius 3 is 2.24 bits per heavy atom. The quantitative estimate of drug-likeness (QED) is 0.192. The Morgan fingerprint density at radius 2 is 1.61 bits per heavy atom. The molecule has 0 aliphatic rings.